The molecule has 4 atom stereocenters. The van der Waals surface area contributed by atoms with Gasteiger partial charge in [-0.15, -0.1) is 0 Å². The zero-order chi connectivity index (χ0) is 17.3. The monoisotopic (exact) mass is 337 g/mol. The Morgan fingerprint density at radius 3 is 2.88 bits per heavy atom. The van der Waals surface area contributed by atoms with Crippen LogP contribution in [0.2, 0.25) is 0 Å². The van der Waals surface area contributed by atoms with Gasteiger partial charge in [-0.3, -0.25) is 4.57 Å². The number of anilines is 1. The van der Waals surface area contributed by atoms with Gasteiger partial charge in [0.15, 0.2) is 17.7 Å². The van der Waals surface area contributed by atoms with Crippen molar-refractivity contribution in [3.8, 4) is 0 Å². The van der Waals surface area contributed by atoms with E-state index >= 15 is 0 Å². The Balaban J connectivity index is 1.80. The van der Waals surface area contributed by atoms with Crippen molar-refractivity contribution in [3.63, 3.8) is 0 Å². The maximum atomic E-state index is 10.3. The molecule has 0 amide bonds. The highest BCUT2D eigenvalue weighted by molar-refractivity contribution is 5.81. The van der Waals surface area contributed by atoms with Gasteiger partial charge >= 0.3 is 0 Å². The number of aliphatic hydroxyl groups excluding tert-OH is 2. The fourth-order valence-electron chi connectivity index (χ4n) is 2.78. The molecule has 1 aliphatic rings. The zero-order valence-electron chi connectivity index (χ0n) is 13.8. The normalized spacial score (nSPS) is 27.2. The number of fused-ring (bicyclic) bond motifs is 1. The highest BCUT2D eigenvalue weighted by Gasteiger charge is 2.44. The lowest BCUT2D eigenvalue weighted by molar-refractivity contribution is -0.0656. The Hall–Kier alpha value is -1.81. The number of aliphatic hydroxyl groups is 2. The van der Waals surface area contributed by atoms with Gasteiger partial charge in [-0.1, -0.05) is 13.3 Å². The molecule has 9 heteroatoms. The van der Waals surface area contributed by atoms with Gasteiger partial charge in [0, 0.05) is 6.61 Å². The standard InChI is InChI=1S/C15H23N5O4/c1-3-4-5-23-6-9-11(21)12(22)15(24-9)20-7-17-10-13(16)18-8(2)19-14(10)20/h7,9,11-12,15,21-22H,3-6H2,1-2H3,(H2,16,18,19)/t9-,11?,12?,15-/m1/s1. The van der Waals surface area contributed by atoms with Crippen LogP contribution in [-0.2, 0) is 9.47 Å². The molecule has 4 N–H and O–H groups in total. The molecule has 3 rings (SSSR count). The van der Waals surface area contributed by atoms with Crippen LogP contribution in [0.25, 0.3) is 11.2 Å². The van der Waals surface area contributed by atoms with E-state index in [0.29, 0.717) is 23.6 Å². The molecule has 2 unspecified atom stereocenters. The van der Waals surface area contributed by atoms with E-state index in [4.69, 9.17) is 15.2 Å². The van der Waals surface area contributed by atoms with Crippen molar-refractivity contribution in [3.05, 3.63) is 12.2 Å². The summed E-state index contributed by atoms with van der Waals surface area (Å²) in [6.07, 6.45) is -0.126. The van der Waals surface area contributed by atoms with E-state index in [2.05, 4.69) is 21.9 Å². The van der Waals surface area contributed by atoms with E-state index in [1.807, 2.05) is 0 Å². The maximum Gasteiger partial charge on any atom is 0.167 e. The summed E-state index contributed by atoms with van der Waals surface area (Å²) in [6.45, 7) is 4.61. The third kappa shape index (κ3) is 3.07. The highest BCUT2D eigenvalue weighted by Crippen LogP contribution is 2.32. The molecule has 0 bridgehead atoms. The number of aromatic nitrogens is 4. The lowest BCUT2D eigenvalue weighted by Crippen LogP contribution is -2.33. The third-order valence-corrected chi connectivity index (χ3v) is 4.10. The van der Waals surface area contributed by atoms with Crippen LogP contribution in [0.4, 0.5) is 5.82 Å². The van der Waals surface area contributed by atoms with Crippen LogP contribution in [0.3, 0.4) is 0 Å². The average molecular weight is 337 g/mol. The molecule has 3 heterocycles. The Labute approximate surface area is 139 Å². The number of nitrogen functional groups attached to an aromatic ring is 1. The summed E-state index contributed by atoms with van der Waals surface area (Å²) < 4.78 is 12.9. The second-order valence-corrected chi connectivity index (χ2v) is 5.95. The second-order valence-electron chi connectivity index (χ2n) is 5.95. The fraction of sp³-hybridized carbons (Fsp3) is 0.667. The number of nitrogens with zero attached hydrogens (tertiary/aromatic N) is 4. The molecule has 0 aliphatic carbocycles. The molecule has 132 valence electrons. The molecule has 2 aromatic rings. The molecule has 0 radical (unpaired) electrons. The minimum absolute atomic E-state index is 0.220. The van der Waals surface area contributed by atoms with Crippen LogP contribution in [0.5, 0.6) is 0 Å². The van der Waals surface area contributed by atoms with Gasteiger partial charge in [0.25, 0.3) is 0 Å². The first kappa shape index (κ1) is 17.0. The van der Waals surface area contributed by atoms with Gasteiger partial charge in [0.1, 0.15) is 29.7 Å². The highest BCUT2D eigenvalue weighted by atomic mass is 16.6. The van der Waals surface area contributed by atoms with E-state index in [9.17, 15) is 10.2 Å². The minimum atomic E-state index is -1.11. The summed E-state index contributed by atoms with van der Waals surface area (Å²) in [7, 11) is 0. The van der Waals surface area contributed by atoms with Crippen molar-refractivity contribution in [1.29, 1.82) is 0 Å². The van der Waals surface area contributed by atoms with Crippen LogP contribution in [-0.4, -0.2) is 61.3 Å². The first-order chi connectivity index (χ1) is 11.5. The number of ether oxygens (including phenoxy) is 2. The predicted octanol–water partition coefficient (Wildman–Crippen LogP) is 0.153. The van der Waals surface area contributed by atoms with E-state index < -0.39 is 24.5 Å². The maximum absolute atomic E-state index is 10.3. The van der Waals surface area contributed by atoms with Crippen molar-refractivity contribution < 1.29 is 19.7 Å². The molecule has 1 saturated heterocycles. The summed E-state index contributed by atoms with van der Waals surface area (Å²) in [5, 5.41) is 20.6. The summed E-state index contributed by atoms with van der Waals surface area (Å²) in [4.78, 5) is 12.6. The van der Waals surface area contributed by atoms with Crippen molar-refractivity contribution in [2.24, 2.45) is 0 Å². The molecular weight excluding hydrogens is 314 g/mol. The first-order valence-corrected chi connectivity index (χ1v) is 8.09. The number of hydrogen-bond acceptors (Lipinski definition) is 8. The number of aryl methyl sites for hydroxylation is 1. The minimum Gasteiger partial charge on any atom is -0.387 e. The van der Waals surface area contributed by atoms with E-state index in [1.54, 1.807) is 11.5 Å². The largest absolute Gasteiger partial charge is 0.387 e. The number of imidazole rings is 1. The lowest BCUT2D eigenvalue weighted by Gasteiger charge is -2.16. The topological polar surface area (TPSA) is 129 Å². The zero-order valence-corrected chi connectivity index (χ0v) is 13.8. The Bertz CT molecular complexity index is 706. The summed E-state index contributed by atoms with van der Waals surface area (Å²) in [5.41, 5.74) is 6.75. The Kier molecular flexibility index (Phi) is 4.95. The fourth-order valence-corrected chi connectivity index (χ4v) is 2.78. The van der Waals surface area contributed by atoms with E-state index in [1.165, 1.54) is 6.33 Å². The van der Waals surface area contributed by atoms with Gasteiger partial charge in [-0.05, 0) is 13.3 Å². The SMILES string of the molecule is CCCCOC[C@H]1O[C@@H](n2cnc3c(N)nc(C)nc32)C(O)C1O. The molecule has 0 saturated carbocycles. The molecule has 24 heavy (non-hydrogen) atoms. The Morgan fingerprint density at radius 1 is 1.33 bits per heavy atom. The molecule has 9 nitrogen and oxygen atoms in total. The van der Waals surface area contributed by atoms with Crippen LogP contribution >= 0.6 is 0 Å². The van der Waals surface area contributed by atoms with Gasteiger partial charge in [-0.25, -0.2) is 15.0 Å². The van der Waals surface area contributed by atoms with E-state index in [-0.39, 0.29) is 12.4 Å². The summed E-state index contributed by atoms with van der Waals surface area (Å²) >= 11 is 0. The number of hydrogen-bond donors (Lipinski definition) is 3. The molecule has 1 aliphatic heterocycles. The van der Waals surface area contributed by atoms with Gasteiger partial charge in [-0.2, -0.15) is 0 Å². The van der Waals surface area contributed by atoms with Crippen LogP contribution in [0, 0.1) is 6.92 Å². The second kappa shape index (κ2) is 6.98. The molecule has 0 spiro atoms. The molecule has 2 aromatic heterocycles. The van der Waals surface area contributed by atoms with Gasteiger partial charge < -0.3 is 25.4 Å². The van der Waals surface area contributed by atoms with Crippen LogP contribution in [0.15, 0.2) is 6.33 Å². The van der Waals surface area contributed by atoms with Crippen molar-refractivity contribution in [2.75, 3.05) is 18.9 Å². The van der Waals surface area contributed by atoms with Gasteiger partial charge in [0.2, 0.25) is 0 Å². The third-order valence-electron chi connectivity index (χ3n) is 4.10. The van der Waals surface area contributed by atoms with Crippen LogP contribution < -0.4 is 5.73 Å². The van der Waals surface area contributed by atoms with Crippen molar-refractivity contribution >= 4 is 17.0 Å². The van der Waals surface area contributed by atoms with Gasteiger partial charge in [0.05, 0.1) is 12.9 Å². The quantitative estimate of drug-likeness (QED) is 0.636. The lowest BCUT2D eigenvalue weighted by atomic mass is 10.1. The number of unbranched alkanes of at least 4 members (excludes halogenated alkanes) is 1. The van der Waals surface area contributed by atoms with Crippen molar-refractivity contribution in [1.82, 2.24) is 19.5 Å². The number of nitrogens with two attached hydrogens (primary N) is 1. The smallest absolute Gasteiger partial charge is 0.167 e. The molecular formula is C15H23N5O4. The molecule has 1 fully saturated rings. The van der Waals surface area contributed by atoms with E-state index in [0.717, 1.165) is 12.8 Å². The first-order valence-electron chi connectivity index (χ1n) is 8.09. The van der Waals surface area contributed by atoms with Crippen molar-refractivity contribution in [2.45, 2.75) is 51.2 Å². The van der Waals surface area contributed by atoms with Crippen LogP contribution in [0.1, 0.15) is 31.8 Å². The average Bonchev–Trinajstić information content (AvgIpc) is 3.07. The summed E-state index contributed by atoms with van der Waals surface area (Å²) in [6, 6.07) is 0. The number of rotatable bonds is 6. The Morgan fingerprint density at radius 2 is 2.12 bits per heavy atom. The predicted molar refractivity (Wildman–Crippen MR) is 86.1 cm³/mol. The summed E-state index contributed by atoms with van der Waals surface area (Å²) in [5.74, 6) is 0.762. The molecule has 0 aromatic carbocycles.